The summed E-state index contributed by atoms with van der Waals surface area (Å²) in [4.78, 5) is 4.57. The zero-order valence-electron chi connectivity index (χ0n) is 9.70. The maximum atomic E-state index is 6.04. The standard InChI is InChI=1S/C14H16N2/c1-9(2)14(15)13-8-10(3)11-6-4-5-7-12(11)16-13/h4-8,14H,1,15H2,2-3H3. The Hall–Kier alpha value is -1.67. The van der Waals surface area contributed by atoms with E-state index in [0.29, 0.717) is 0 Å². The van der Waals surface area contributed by atoms with E-state index >= 15 is 0 Å². The molecule has 0 amide bonds. The number of nitrogens with zero attached hydrogens (tertiary/aromatic N) is 1. The van der Waals surface area contributed by atoms with Crippen LogP contribution in [0, 0.1) is 6.92 Å². The molecule has 1 heterocycles. The number of hydrogen-bond acceptors (Lipinski definition) is 2. The van der Waals surface area contributed by atoms with Gasteiger partial charge in [-0.05, 0) is 31.5 Å². The molecule has 0 fully saturated rings. The van der Waals surface area contributed by atoms with Crippen molar-refractivity contribution in [2.75, 3.05) is 0 Å². The van der Waals surface area contributed by atoms with E-state index in [1.54, 1.807) is 0 Å². The number of nitrogens with two attached hydrogens (primary N) is 1. The second-order valence-corrected chi connectivity index (χ2v) is 4.21. The van der Waals surface area contributed by atoms with Crippen molar-refractivity contribution < 1.29 is 0 Å². The number of fused-ring (bicyclic) bond motifs is 1. The Kier molecular flexibility index (Phi) is 2.75. The van der Waals surface area contributed by atoms with Gasteiger partial charge in [0.05, 0.1) is 17.3 Å². The third-order valence-corrected chi connectivity index (χ3v) is 2.79. The van der Waals surface area contributed by atoms with E-state index in [0.717, 1.165) is 16.8 Å². The molecule has 0 aliphatic carbocycles. The average molecular weight is 212 g/mol. The summed E-state index contributed by atoms with van der Waals surface area (Å²) in [6.07, 6.45) is 0. The van der Waals surface area contributed by atoms with Gasteiger partial charge < -0.3 is 5.73 Å². The first-order valence-corrected chi connectivity index (χ1v) is 5.37. The smallest absolute Gasteiger partial charge is 0.0708 e. The molecule has 0 saturated heterocycles. The highest BCUT2D eigenvalue weighted by molar-refractivity contribution is 5.82. The van der Waals surface area contributed by atoms with Gasteiger partial charge in [-0.2, -0.15) is 0 Å². The maximum Gasteiger partial charge on any atom is 0.0708 e. The topological polar surface area (TPSA) is 38.9 Å². The van der Waals surface area contributed by atoms with Gasteiger partial charge in [-0.1, -0.05) is 30.4 Å². The fourth-order valence-electron chi connectivity index (χ4n) is 1.79. The number of aromatic nitrogens is 1. The van der Waals surface area contributed by atoms with Crippen molar-refractivity contribution >= 4 is 10.9 Å². The number of benzene rings is 1. The number of para-hydroxylation sites is 1. The van der Waals surface area contributed by atoms with E-state index in [2.05, 4.69) is 24.6 Å². The highest BCUT2D eigenvalue weighted by Crippen LogP contribution is 2.22. The quantitative estimate of drug-likeness (QED) is 0.777. The largest absolute Gasteiger partial charge is 0.319 e. The first-order valence-electron chi connectivity index (χ1n) is 5.37. The summed E-state index contributed by atoms with van der Waals surface area (Å²) in [6, 6.07) is 9.97. The molecule has 1 aromatic carbocycles. The van der Waals surface area contributed by atoms with Crippen molar-refractivity contribution in [1.82, 2.24) is 4.98 Å². The van der Waals surface area contributed by atoms with Crippen molar-refractivity contribution in [2.24, 2.45) is 5.73 Å². The summed E-state index contributed by atoms with van der Waals surface area (Å²) in [5.74, 6) is 0. The molecule has 0 saturated carbocycles. The molecule has 0 aliphatic heterocycles. The van der Waals surface area contributed by atoms with E-state index in [4.69, 9.17) is 5.73 Å². The van der Waals surface area contributed by atoms with Crippen LogP contribution in [0.5, 0.6) is 0 Å². The van der Waals surface area contributed by atoms with Crippen molar-refractivity contribution in [2.45, 2.75) is 19.9 Å². The third kappa shape index (κ3) is 1.84. The minimum absolute atomic E-state index is 0.177. The van der Waals surface area contributed by atoms with Crippen molar-refractivity contribution in [3.63, 3.8) is 0 Å². The monoisotopic (exact) mass is 212 g/mol. The van der Waals surface area contributed by atoms with E-state index < -0.39 is 0 Å². The van der Waals surface area contributed by atoms with Crippen LogP contribution in [0.4, 0.5) is 0 Å². The van der Waals surface area contributed by atoms with Gasteiger partial charge in [0, 0.05) is 5.39 Å². The molecular formula is C14H16N2. The van der Waals surface area contributed by atoms with Crippen LogP contribution in [0.2, 0.25) is 0 Å². The van der Waals surface area contributed by atoms with Crippen molar-refractivity contribution in [3.05, 3.63) is 53.7 Å². The van der Waals surface area contributed by atoms with Crippen LogP contribution in [-0.4, -0.2) is 4.98 Å². The molecule has 1 atom stereocenters. The van der Waals surface area contributed by atoms with Crippen LogP contribution >= 0.6 is 0 Å². The van der Waals surface area contributed by atoms with Gasteiger partial charge in [0.1, 0.15) is 0 Å². The Labute approximate surface area is 95.8 Å². The van der Waals surface area contributed by atoms with Gasteiger partial charge in [0.25, 0.3) is 0 Å². The minimum atomic E-state index is -0.177. The molecule has 16 heavy (non-hydrogen) atoms. The first kappa shape index (κ1) is 10.8. The summed E-state index contributed by atoms with van der Waals surface area (Å²) < 4.78 is 0. The third-order valence-electron chi connectivity index (χ3n) is 2.79. The van der Waals surface area contributed by atoms with Gasteiger partial charge in [-0.15, -0.1) is 0 Å². The highest BCUT2D eigenvalue weighted by atomic mass is 14.8. The predicted molar refractivity (Wildman–Crippen MR) is 68.2 cm³/mol. The summed E-state index contributed by atoms with van der Waals surface area (Å²) in [5.41, 5.74) is 10.1. The molecule has 2 aromatic rings. The second kappa shape index (κ2) is 4.06. The minimum Gasteiger partial charge on any atom is -0.319 e. The predicted octanol–water partition coefficient (Wildman–Crippen LogP) is 3.12. The van der Waals surface area contributed by atoms with Crippen LogP contribution < -0.4 is 5.73 Å². The van der Waals surface area contributed by atoms with Crippen LogP contribution in [-0.2, 0) is 0 Å². The first-order chi connectivity index (χ1) is 7.59. The lowest BCUT2D eigenvalue weighted by Crippen LogP contribution is -2.13. The molecule has 2 heteroatoms. The fourth-order valence-corrected chi connectivity index (χ4v) is 1.79. The van der Waals surface area contributed by atoms with Crippen LogP contribution in [0.15, 0.2) is 42.5 Å². The van der Waals surface area contributed by atoms with Crippen molar-refractivity contribution in [3.8, 4) is 0 Å². The molecule has 0 aliphatic rings. The lowest BCUT2D eigenvalue weighted by Gasteiger charge is -2.13. The van der Waals surface area contributed by atoms with Gasteiger partial charge >= 0.3 is 0 Å². The molecular weight excluding hydrogens is 196 g/mol. The Bertz CT molecular complexity index is 543. The van der Waals surface area contributed by atoms with E-state index in [9.17, 15) is 0 Å². The summed E-state index contributed by atoms with van der Waals surface area (Å²) in [5, 5.41) is 1.18. The van der Waals surface area contributed by atoms with Gasteiger partial charge in [-0.3, -0.25) is 4.98 Å². The molecule has 2 rings (SSSR count). The molecule has 1 aromatic heterocycles. The van der Waals surface area contributed by atoms with Crippen LogP contribution in [0.1, 0.15) is 24.2 Å². The number of aryl methyl sites for hydroxylation is 1. The SMILES string of the molecule is C=C(C)C(N)c1cc(C)c2ccccc2n1. The maximum absolute atomic E-state index is 6.04. The molecule has 1 unspecified atom stereocenters. The highest BCUT2D eigenvalue weighted by Gasteiger charge is 2.10. The van der Waals surface area contributed by atoms with E-state index in [1.807, 2.05) is 31.2 Å². The number of pyridine rings is 1. The Morgan fingerprint density at radius 2 is 2.06 bits per heavy atom. The fraction of sp³-hybridized carbons (Fsp3) is 0.214. The molecule has 0 spiro atoms. The summed E-state index contributed by atoms with van der Waals surface area (Å²) >= 11 is 0. The Morgan fingerprint density at radius 3 is 2.75 bits per heavy atom. The normalized spacial score (nSPS) is 12.7. The van der Waals surface area contributed by atoms with Gasteiger partial charge in [0.15, 0.2) is 0 Å². The number of rotatable bonds is 2. The Balaban J connectivity index is 2.62. The van der Waals surface area contributed by atoms with Crippen molar-refractivity contribution in [1.29, 1.82) is 0 Å². The number of hydrogen-bond donors (Lipinski definition) is 1. The summed E-state index contributed by atoms with van der Waals surface area (Å²) in [7, 11) is 0. The second-order valence-electron chi connectivity index (χ2n) is 4.21. The lowest BCUT2D eigenvalue weighted by molar-refractivity contribution is 0.816. The van der Waals surface area contributed by atoms with Crippen LogP contribution in [0.3, 0.4) is 0 Å². The molecule has 2 N–H and O–H groups in total. The molecule has 2 nitrogen and oxygen atoms in total. The summed E-state index contributed by atoms with van der Waals surface area (Å²) in [6.45, 7) is 7.89. The Morgan fingerprint density at radius 1 is 1.38 bits per heavy atom. The lowest BCUT2D eigenvalue weighted by atomic mass is 10.0. The van der Waals surface area contributed by atoms with Gasteiger partial charge in [-0.25, -0.2) is 0 Å². The molecule has 0 bridgehead atoms. The average Bonchev–Trinajstić information content (AvgIpc) is 2.28. The van der Waals surface area contributed by atoms with Crippen LogP contribution in [0.25, 0.3) is 10.9 Å². The van der Waals surface area contributed by atoms with E-state index in [1.165, 1.54) is 10.9 Å². The zero-order chi connectivity index (χ0) is 11.7. The van der Waals surface area contributed by atoms with Gasteiger partial charge in [0.2, 0.25) is 0 Å². The molecule has 0 radical (unpaired) electrons. The zero-order valence-corrected chi connectivity index (χ0v) is 9.70. The van der Waals surface area contributed by atoms with E-state index in [-0.39, 0.29) is 6.04 Å². The molecule has 82 valence electrons.